The van der Waals surface area contributed by atoms with Gasteiger partial charge in [-0.1, -0.05) is 6.07 Å². The van der Waals surface area contributed by atoms with Crippen LogP contribution in [-0.4, -0.2) is 35.9 Å². The van der Waals surface area contributed by atoms with Gasteiger partial charge in [-0.2, -0.15) is 10.1 Å². The fourth-order valence-corrected chi connectivity index (χ4v) is 2.39. The quantitative estimate of drug-likeness (QED) is 0.533. The van der Waals surface area contributed by atoms with Gasteiger partial charge in [0.25, 0.3) is 0 Å². The van der Waals surface area contributed by atoms with Gasteiger partial charge in [0.15, 0.2) is 5.65 Å². The van der Waals surface area contributed by atoms with E-state index >= 15 is 0 Å². The summed E-state index contributed by atoms with van der Waals surface area (Å²) in [7, 11) is 0. The van der Waals surface area contributed by atoms with E-state index in [0.717, 1.165) is 11.4 Å². The standard InChI is InChI=1S/C16H12N6O2/c23-15(24)10-4-6-11(7-5-10)18-16-19-14-3-1-2-13(22(14)21-16)12-8-9-17-20-12/h1-9H,(H,17,20)(H,18,21)(H,23,24). The van der Waals surface area contributed by atoms with E-state index in [1.165, 1.54) is 12.1 Å². The summed E-state index contributed by atoms with van der Waals surface area (Å²) in [5.41, 5.74) is 3.30. The molecule has 24 heavy (non-hydrogen) atoms. The predicted molar refractivity (Wildman–Crippen MR) is 87.3 cm³/mol. The van der Waals surface area contributed by atoms with Crippen LogP contribution in [0.5, 0.6) is 0 Å². The van der Waals surface area contributed by atoms with Crippen molar-refractivity contribution in [2.75, 3.05) is 5.32 Å². The van der Waals surface area contributed by atoms with Crippen molar-refractivity contribution < 1.29 is 9.90 Å². The molecule has 0 atom stereocenters. The van der Waals surface area contributed by atoms with Crippen molar-refractivity contribution in [2.45, 2.75) is 0 Å². The minimum Gasteiger partial charge on any atom is -0.478 e. The molecule has 0 aliphatic carbocycles. The second-order valence-corrected chi connectivity index (χ2v) is 5.09. The van der Waals surface area contributed by atoms with Crippen LogP contribution in [0.1, 0.15) is 10.4 Å². The lowest BCUT2D eigenvalue weighted by atomic mass is 10.2. The number of benzene rings is 1. The Morgan fingerprint density at radius 1 is 1.12 bits per heavy atom. The highest BCUT2D eigenvalue weighted by atomic mass is 16.4. The number of carboxylic acid groups (broad SMARTS) is 1. The van der Waals surface area contributed by atoms with Gasteiger partial charge in [0.2, 0.25) is 5.95 Å². The predicted octanol–water partition coefficient (Wildman–Crippen LogP) is 2.56. The molecule has 0 unspecified atom stereocenters. The summed E-state index contributed by atoms with van der Waals surface area (Å²) in [5, 5.41) is 23.3. The molecule has 0 aliphatic rings. The van der Waals surface area contributed by atoms with E-state index in [0.29, 0.717) is 17.3 Å². The Hall–Kier alpha value is -3.68. The van der Waals surface area contributed by atoms with E-state index < -0.39 is 5.97 Å². The topological polar surface area (TPSA) is 108 Å². The molecule has 0 fully saturated rings. The van der Waals surface area contributed by atoms with Gasteiger partial charge in [-0.05, 0) is 42.5 Å². The first-order valence-electron chi connectivity index (χ1n) is 7.16. The zero-order valence-corrected chi connectivity index (χ0v) is 12.3. The van der Waals surface area contributed by atoms with Crippen molar-refractivity contribution in [2.24, 2.45) is 0 Å². The van der Waals surface area contributed by atoms with Gasteiger partial charge in [0, 0.05) is 11.9 Å². The Balaban J connectivity index is 1.68. The molecule has 118 valence electrons. The van der Waals surface area contributed by atoms with Gasteiger partial charge in [-0.3, -0.25) is 5.10 Å². The number of aromatic amines is 1. The highest BCUT2D eigenvalue weighted by Crippen LogP contribution is 2.20. The van der Waals surface area contributed by atoms with Crippen molar-refractivity contribution in [3.05, 3.63) is 60.3 Å². The number of aromatic nitrogens is 5. The molecule has 0 radical (unpaired) electrons. The van der Waals surface area contributed by atoms with Crippen molar-refractivity contribution in [3.8, 4) is 11.4 Å². The van der Waals surface area contributed by atoms with E-state index in [1.807, 2.05) is 24.3 Å². The number of pyridine rings is 1. The van der Waals surface area contributed by atoms with Crippen LogP contribution < -0.4 is 5.32 Å². The third-order valence-electron chi connectivity index (χ3n) is 3.52. The number of hydrogen-bond acceptors (Lipinski definition) is 5. The Bertz CT molecular complexity index is 1000. The molecular formula is C16H12N6O2. The molecule has 0 spiro atoms. The molecule has 8 heteroatoms. The molecule has 0 saturated carbocycles. The second-order valence-electron chi connectivity index (χ2n) is 5.09. The number of rotatable bonds is 4. The Morgan fingerprint density at radius 2 is 1.96 bits per heavy atom. The van der Waals surface area contributed by atoms with E-state index in [-0.39, 0.29) is 5.56 Å². The van der Waals surface area contributed by atoms with Crippen LogP contribution in [0.25, 0.3) is 17.0 Å². The molecule has 3 N–H and O–H groups in total. The van der Waals surface area contributed by atoms with Crippen LogP contribution in [0.15, 0.2) is 54.7 Å². The average molecular weight is 320 g/mol. The summed E-state index contributed by atoms with van der Waals surface area (Å²) in [5.74, 6) is -0.540. The normalized spacial score (nSPS) is 10.8. The number of carboxylic acids is 1. The Labute approximate surface area is 135 Å². The van der Waals surface area contributed by atoms with Crippen LogP contribution >= 0.6 is 0 Å². The van der Waals surface area contributed by atoms with Crippen molar-refractivity contribution in [3.63, 3.8) is 0 Å². The molecule has 4 aromatic rings. The molecule has 3 aromatic heterocycles. The second kappa shape index (κ2) is 5.51. The molecule has 0 bridgehead atoms. The summed E-state index contributed by atoms with van der Waals surface area (Å²) in [6, 6.07) is 13.9. The molecule has 0 amide bonds. The molecule has 1 aromatic carbocycles. The first kappa shape index (κ1) is 13.9. The minimum absolute atomic E-state index is 0.227. The number of H-pyrrole nitrogens is 1. The maximum atomic E-state index is 10.9. The van der Waals surface area contributed by atoms with E-state index in [9.17, 15) is 4.79 Å². The summed E-state index contributed by atoms with van der Waals surface area (Å²) in [4.78, 5) is 15.3. The zero-order chi connectivity index (χ0) is 16.5. The summed E-state index contributed by atoms with van der Waals surface area (Å²) < 4.78 is 1.71. The third kappa shape index (κ3) is 2.45. The van der Waals surface area contributed by atoms with Crippen LogP contribution in [0, 0.1) is 0 Å². The van der Waals surface area contributed by atoms with Crippen LogP contribution in [-0.2, 0) is 0 Å². The first-order chi connectivity index (χ1) is 11.7. The van der Waals surface area contributed by atoms with Crippen LogP contribution in [0.2, 0.25) is 0 Å². The number of nitrogens with zero attached hydrogens (tertiary/aromatic N) is 4. The van der Waals surface area contributed by atoms with Gasteiger partial charge in [0.05, 0.1) is 17.0 Å². The summed E-state index contributed by atoms with van der Waals surface area (Å²) >= 11 is 0. The largest absolute Gasteiger partial charge is 0.478 e. The van der Waals surface area contributed by atoms with Gasteiger partial charge in [-0.15, -0.1) is 5.10 Å². The number of carbonyl (C=O) groups is 1. The van der Waals surface area contributed by atoms with Gasteiger partial charge in [-0.25, -0.2) is 9.31 Å². The van der Waals surface area contributed by atoms with Crippen molar-refractivity contribution in [1.29, 1.82) is 0 Å². The molecule has 3 heterocycles. The third-order valence-corrected chi connectivity index (χ3v) is 3.52. The van der Waals surface area contributed by atoms with E-state index in [4.69, 9.17) is 5.11 Å². The molecule has 8 nitrogen and oxygen atoms in total. The van der Waals surface area contributed by atoms with Gasteiger partial charge >= 0.3 is 5.97 Å². The monoisotopic (exact) mass is 320 g/mol. The molecule has 0 saturated heterocycles. The highest BCUT2D eigenvalue weighted by molar-refractivity contribution is 5.88. The number of hydrogen-bond donors (Lipinski definition) is 3. The Morgan fingerprint density at radius 3 is 2.67 bits per heavy atom. The number of anilines is 2. The fourth-order valence-electron chi connectivity index (χ4n) is 2.39. The van der Waals surface area contributed by atoms with Gasteiger partial charge < -0.3 is 10.4 Å². The Kier molecular flexibility index (Phi) is 3.20. The maximum absolute atomic E-state index is 10.9. The molecule has 4 rings (SSSR count). The lowest BCUT2D eigenvalue weighted by molar-refractivity contribution is 0.0697. The zero-order valence-electron chi connectivity index (χ0n) is 12.3. The smallest absolute Gasteiger partial charge is 0.335 e. The van der Waals surface area contributed by atoms with E-state index in [1.54, 1.807) is 22.8 Å². The summed E-state index contributed by atoms with van der Waals surface area (Å²) in [6.45, 7) is 0. The van der Waals surface area contributed by atoms with Crippen LogP contribution in [0.4, 0.5) is 11.6 Å². The number of fused-ring (bicyclic) bond motifs is 1. The van der Waals surface area contributed by atoms with Gasteiger partial charge in [0.1, 0.15) is 0 Å². The minimum atomic E-state index is -0.961. The fraction of sp³-hybridized carbons (Fsp3) is 0. The molecule has 0 aliphatic heterocycles. The average Bonchev–Trinajstić information content (AvgIpc) is 3.24. The SMILES string of the molecule is O=C(O)c1ccc(Nc2nc3cccc(-c4ccn[nH]4)n3n2)cc1. The summed E-state index contributed by atoms with van der Waals surface area (Å²) in [6.07, 6.45) is 1.67. The maximum Gasteiger partial charge on any atom is 0.335 e. The van der Waals surface area contributed by atoms with Crippen molar-refractivity contribution >= 4 is 23.3 Å². The first-order valence-corrected chi connectivity index (χ1v) is 7.16. The number of nitrogens with one attached hydrogen (secondary N) is 2. The van der Waals surface area contributed by atoms with Crippen LogP contribution in [0.3, 0.4) is 0 Å². The molecular weight excluding hydrogens is 308 g/mol. The lowest BCUT2D eigenvalue weighted by Crippen LogP contribution is -1.98. The highest BCUT2D eigenvalue weighted by Gasteiger charge is 2.10. The van der Waals surface area contributed by atoms with Crippen molar-refractivity contribution in [1.82, 2.24) is 24.8 Å². The lowest BCUT2D eigenvalue weighted by Gasteiger charge is -2.02. The number of aromatic carboxylic acids is 1. The van der Waals surface area contributed by atoms with E-state index in [2.05, 4.69) is 25.6 Å².